The molecule has 19 heavy (non-hydrogen) atoms. The highest BCUT2D eigenvalue weighted by molar-refractivity contribution is 9.10. The number of furan rings is 1. The van der Waals surface area contributed by atoms with Gasteiger partial charge in [-0.3, -0.25) is 9.59 Å². The Morgan fingerprint density at radius 1 is 1.53 bits per heavy atom. The molecule has 0 aliphatic carbocycles. The van der Waals surface area contributed by atoms with Crippen LogP contribution in [0.4, 0.5) is 0 Å². The van der Waals surface area contributed by atoms with Crippen LogP contribution >= 0.6 is 15.9 Å². The lowest BCUT2D eigenvalue weighted by Gasteiger charge is -2.18. The Morgan fingerprint density at radius 2 is 2.21 bits per heavy atom. The molecule has 0 saturated carbocycles. The van der Waals surface area contributed by atoms with Crippen LogP contribution in [-0.2, 0) is 4.79 Å². The standard InChI is InChI=1S/C12H17BrN2O4/c1-3-8(7-16)14-11(17)6-15(2)12(18)9-4-5-10(13)19-9/h4-5,8,16H,3,6-7H2,1-2H3,(H,14,17). The van der Waals surface area contributed by atoms with Crippen LogP contribution in [0.2, 0.25) is 0 Å². The van der Waals surface area contributed by atoms with Gasteiger partial charge in [-0.1, -0.05) is 6.92 Å². The molecular formula is C12H17BrN2O4. The lowest BCUT2D eigenvalue weighted by molar-refractivity contribution is -0.122. The van der Waals surface area contributed by atoms with Gasteiger partial charge in [0.05, 0.1) is 19.2 Å². The third-order valence-electron chi connectivity index (χ3n) is 2.59. The van der Waals surface area contributed by atoms with Crippen LogP contribution in [0.3, 0.4) is 0 Å². The summed E-state index contributed by atoms with van der Waals surface area (Å²) in [6.45, 7) is 1.65. The predicted octanol–water partition coefficient (Wildman–Crippen LogP) is 1.00. The lowest BCUT2D eigenvalue weighted by Crippen LogP contribution is -2.43. The van der Waals surface area contributed by atoms with Crippen molar-refractivity contribution < 1.29 is 19.1 Å². The van der Waals surface area contributed by atoms with Crippen molar-refractivity contribution >= 4 is 27.7 Å². The van der Waals surface area contributed by atoms with Crippen LogP contribution < -0.4 is 5.32 Å². The molecule has 1 aromatic heterocycles. The summed E-state index contributed by atoms with van der Waals surface area (Å²) in [6, 6.07) is 2.86. The maximum atomic E-state index is 11.9. The summed E-state index contributed by atoms with van der Waals surface area (Å²) in [7, 11) is 1.51. The minimum Gasteiger partial charge on any atom is -0.444 e. The summed E-state index contributed by atoms with van der Waals surface area (Å²) >= 11 is 3.11. The molecule has 2 amide bonds. The Balaban J connectivity index is 2.52. The van der Waals surface area contributed by atoms with E-state index in [1.807, 2.05) is 6.92 Å². The van der Waals surface area contributed by atoms with Crippen LogP contribution in [0.25, 0.3) is 0 Å². The fourth-order valence-corrected chi connectivity index (χ4v) is 1.76. The average Bonchev–Trinajstić information content (AvgIpc) is 2.81. The third-order valence-corrected chi connectivity index (χ3v) is 3.02. The molecule has 1 aromatic rings. The van der Waals surface area contributed by atoms with E-state index in [0.717, 1.165) is 0 Å². The summed E-state index contributed by atoms with van der Waals surface area (Å²) in [6.07, 6.45) is 0.630. The van der Waals surface area contributed by atoms with Crippen LogP contribution in [0.1, 0.15) is 23.9 Å². The monoisotopic (exact) mass is 332 g/mol. The van der Waals surface area contributed by atoms with Crippen molar-refractivity contribution in [1.82, 2.24) is 10.2 Å². The summed E-state index contributed by atoms with van der Waals surface area (Å²) in [4.78, 5) is 24.8. The highest BCUT2D eigenvalue weighted by Gasteiger charge is 2.19. The van der Waals surface area contributed by atoms with Crippen LogP contribution in [0.5, 0.6) is 0 Å². The van der Waals surface area contributed by atoms with Crippen molar-refractivity contribution in [2.45, 2.75) is 19.4 Å². The number of hydrogen-bond donors (Lipinski definition) is 2. The number of halogens is 1. The van der Waals surface area contributed by atoms with Gasteiger partial charge < -0.3 is 19.7 Å². The Hall–Kier alpha value is -1.34. The van der Waals surface area contributed by atoms with E-state index in [0.29, 0.717) is 11.1 Å². The number of amides is 2. The van der Waals surface area contributed by atoms with Gasteiger partial charge in [0.25, 0.3) is 5.91 Å². The number of aliphatic hydroxyl groups is 1. The van der Waals surface area contributed by atoms with E-state index in [-0.39, 0.29) is 36.8 Å². The lowest BCUT2D eigenvalue weighted by atomic mass is 10.2. The highest BCUT2D eigenvalue weighted by atomic mass is 79.9. The van der Waals surface area contributed by atoms with E-state index in [1.54, 1.807) is 6.07 Å². The molecule has 0 aliphatic heterocycles. The molecule has 1 heterocycles. The number of likely N-dealkylation sites (N-methyl/N-ethyl adjacent to an activating group) is 1. The third kappa shape index (κ3) is 4.68. The van der Waals surface area contributed by atoms with E-state index in [1.165, 1.54) is 18.0 Å². The molecule has 0 aliphatic rings. The first kappa shape index (κ1) is 15.7. The maximum Gasteiger partial charge on any atom is 0.289 e. The number of nitrogens with one attached hydrogen (secondary N) is 1. The zero-order valence-electron chi connectivity index (χ0n) is 10.9. The topological polar surface area (TPSA) is 82.8 Å². The fourth-order valence-electron chi connectivity index (χ4n) is 1.45. The molecule has 2 N–H and O–H groups in total. The van der Waals surface area contributed by atoms with Crippen LogP contribution in [0.15, 0.2) is 21.2 Å². The van der Waals surface area contributed by atoms with E-state index >= 15 is 0 Å². The van der Waals surface area contributed by atoms with E-state index in [4.69, 9.17) is 9.52 Å². The van der Waals surface area contributed by atoms with Gasteiger partial charge in [-0.05, 0) is 34.5 Å². The van der Waals surface area contributed by atoms with Gasteiger partial charge in [0.15, 0.2) is 10.4 Å². The molecule has 1 rings (SSSR count). The second-order valence-electron chi connectivity index (χ2n) is 4.12. The first-order valence-corrected chi connectivity index (χ1v) is 6.68. The summed E-state index contributed by atoms with van der Waals surface area (Å²) in [5.74, 6) is -0.531. The van der Waals surface area contributed by atoms with Gasteiger partial charge >= 0.3 is 0 Å². The summed E-state index contributed by atoms with van der Waals surface area (Å²) in [5, 5.41) is 11.6. The second-order valence-corrected chi connectivity index (χ2v) is 4.90. The molecule has 0 aromatic carbocycles. The molecule has 106 valence electrons. The van der Waals surface area contributed by atoms with Gasteiger partial charge in [0.1, 0.15) is 0 Å². The van der Waals surface area contributed by atoms with Gasteiger partial charge in [0, 0.05) is 7.05 Å². The molecule has 0 saturated heterocycles. The zero-order chi connectivity index (χ0) is 14.4. The molecule has 0 spiro atoms. The molecule has 0 bridgehead atoms. The molecule has 6 nitrogen and oxygen atoms in total. The SMILES string of the molecule is CCC(CO)NC(=O)CN(C)C(=O)c1ccc(Br)o1. The van der Waals surface area contributed by atoms with E-state index < -0.39 is 0 Å². The predicted molar refractivity (Wildman–Crippen MR) is 72.7 cm³/mol. The first-order valence-electron chi connectivity index (χ1n) is 5.89. The first-order chi connectivity index (χ1) is 8.97. The average molecular weight is 333 g/mol. The molecule has 1 unspecified atom stereocenters. The maximum absolute atomic E-state index is 11.9. The van der Waals surface area contributed by atoms with Crippen LogP contribution in [-0.4, -0.2) is 48.1 Å². The Bertz CT molecular complexity index is 443. The number of rotatable bonds is 6. The van der Waals surface area contributed by atoms with E-state index in [9.17, 15) is 9.59 Å². The minimum absolute atomic E-state index is 0.0896. The second kappa shape index (κ2) is 7.30. The smallest absolute Gasteiger partial charge is 0.289 e. The van der Waals surface area contributed by atoms with Crippen molar-refractivity contribution in [3.8, 4) is 0 Å². The van der Waals surface area contributed by atoms with Gasteiger partial charge in [-0.25, -0.2) is 0 Å². The van der Waals surface area contributed by atoms with E-state index in [2.05, 4.69) is 21.2 Å². The highest BCUT2D eigenvalue weighted by Crippen LogP contribution is 2.15. The number of carbonyl (C=O) groups is 2. The van der Waals surface area contributed by atoms with Crippen molar-refractivity contribution in [3.63, 3.8) is 0 Å². The van der Waals surface area contributed by atoms with Gasteiger partial charge in [-0.15, -0.1) is 0 Å². The quantitative estimate of drug-likeness (QED) is 0.814. The molecule has 7 heteroatoms. The van der Waals surface area contributed by atoms with Crippen molar-refractivity contribution in [1.29, 1.82) is 0 Å². The number of aliphatic hydroxyl groups excluding tert-OH is 1. The van der Waals surface area contributed by atoms with Crippen molar-refractivity contribution in [2.75, 3.05) is 20.2 Å². The molecule has 1 atom stereocenters. The molecule has 0 radical (unpaired) electrons. The number of hydrogen-bond acceptors (Lipinski definition) is 4. The summed E-state index contributed by atoms with van der Waals surface area (Å²) in [5.41, 5.74) is 0. The number of carbonyl (C=O) groups excluding carboxylic acids is 2. The van der Waals surface area contributed by atoms with Crippen molar-refractivity contribution in [3.05, 3.63) is 22.6 Å². The van der Waals surface area contributed by atoms with Crippen molar-refractivity contribution in [2.24, 2.45) is 0 Å². The van der Waals surface area contributed by atoms with Gasteiger partial charge in [-0.2, -0.15) is 0 Å². The fraction of sp³-hybridized carbons (Fsp3) is 0.500. The Kier molecular flexibility index (Phi) is 6.04. The largest absolute Gasteiger partial charge is 0.444 e. The van der Waals surface area contributed by atoms with Crippen LogP contribution in [0, 0.1) is 0 Å². The normalized spacial score (nSPS) is 12.0. The molecular weight excluding hydrogens is 316 g/mol. The number of nitrogens with zero attached hydrogens (tertiary/aromatic N) is 1. The summed E-state index contributed by atoms with van der Waals surface area (Å²) < 4.78 is 5.58. The Labute approximate surface area is 119 Å². The molecule has 0 fully saturated rings. The Morgan fingerprint density at radius 3 is 2.68 bits per heavy atom. The minimum atomic E-state index is -0.377. The van der Waals surface area contributed by atoms with Gasteiger partial charge in [0.2, 0.25) is 5.91 Å². The zero-order valence-corrected chi connectivity index (χ0v) is 12.4.